The zero-order chi connectivity index (χ0) is 31.8. The number of benzene rings is 1. The molecule has 1 fully saturated rings. The highest BCUT2D eigenvalue weighted by molar-refractivity contribution is 5.88. The van der Waals surface area contributed by atoms with Crippen LogP contribution in [0.2, 0.25) is 0 Å². The molecule has 14 nitrogen and oxygen atoms in total. The molecule has 2 aliphatic rings. The second kappa shape index (κ2) is 15.9. The minimum atomic E-state index is -1.13. The van der Waals surface area contributed by atoms with Gasteiger partial charge < -0.3 is 34.9 Å². The van der Waals surface area contributed by atoms with Crippen molar-refractivity contribution in [3.05, 3.63) is 58.9 Å². The molecule has 3 aromatic rings. The third-order valence-corrected chi connectivity index (χ3v) is 8.00. The van der Waals surface area contributed by atoms with Crippen molar-refractivity contribution < 1.29 is 33.7 Å². The van der Waals surface area contributed by atoms with Crippen LogP contribution >= 0.6 is 12.4 Å². The van der Waals surface area contributed by atoms with Crippen molar-refractivity contribution in [2.75, 3.05) is 58.4 Å². The van der Waals surface area contributed by atoms with Crippen molar-refractivity contribution in [1.29, 1.82) is 0 Å². The van der Waals surface area contributed by atoms with E-state index in [9.17, 15) is 19.5 Å². The number of aryl methyl sites for hydroxylation is 1. The van der Waals surface area contributed by atoms with Crippen molar-refractivity contribution in [3.63, 3.8) is 0 Å². The number of rotatable bonds is 13. The van der Waals surface area contributed by atoms with E-state index < -0.39 is 29.7 Å². The van der Waals surface area contributed by atoms with E-state index in [1.807, 2.05) is 44.3 Å². The highest BCUT2D eigenvalue weighted by Gasteiger charge is 2.46. The Bertz CT molecular complexity index is 1560. The highest BCUT2D eigenvalue weighted by Crippen LogP contribution is 2.43. The number of hydrogen-bond donors (Lipinski definition) is 5. The first kappa shape index (κ1) is 34.6. The van der Waals surface area contributed by atoms with Crippen molar-refractivity contribution in [1.82, 2.24) is 30.7 Å². The van der Waals surface area contributed by atoms with Gasteiger partial charge in [0.25, 0.3) is 0 Å². The number of likely N-dealkylation sites (N-methyl/N-ethyl adjacent to an activating group) is 1. The van der Waals surface area contributed by atoms with Crippen molar-refractivity contribution >= 4 is 53.3 Å². The average molecular weight is 658 g/mol. The van der Waals surface area contributed by atoms with Gasteiger partial charge in [-0.3, -0.25) is 10.4 Å². The van der Waals surface area contributed by atoms with Gasteiger partial charge >= 0.3 is 18.1 Å². The summed E-state index contributed by atoms with van der Waals surface area (Å²) in [6, 6.07) is 4.08. The third kappa shape index (κ3) is 8.31. The molecule has 1 aromatic carbocycles. The summed E-state index contributed by atoms with van der Waals surface area (Å²) in [5, 5.41) is 26.1. The lowest BCUT2D eigenvalue weighted by Gasteiger charge is -2.43. The quantitative estimate of drug-likeness (QED) is 0.171. The molecule has 1 spiro atoms. The number of carbonyl (C=O) groups excluding carboxylic acids is 2. The van der Waals surface area contributed by atoms with Crippen molar-refractivity contribution in [3.8, 4) is 0 Å². The van der Waals surface area contributed by atoms with Gasteiger partial charge in [-0.2, -0.15) is 5.10 Å². The fourth-order valence-electron chi connectivity index (χ4n) is 5.65. The van der Waals surface area contributed by atoms with Gasteiger partial charge in [-0.1, -0.05) is 18.2 Å². The predicted octanol–water partition coefficient (Wildman–Crippen LogP) is 3.21. The van der Waals surface area contributed by atoms with Crippen LogP contribution in [0.25, 0.3) is 17.0 Å². The first-order chi connectivity index (χ1) is 21.8. The van der Waals surface area contributed by atoms with Crippen molar-refractivity contribution in [2.45, 2.75) is 37.8 Å². The number of pyridine rings is 1. The van der Waals surface area contributed by atoms with Crippen LogP contribution in [0, 0.1) is 6.92 Å². The number of piperidine rings is 1. The number of ether oxygens (including phenoxy) is 3. The van der Waals surface area contributed by atoms with Crippen LogP contribution in [-0.2, 0) is 31.0 Å². The topological polar surface area (TPSA) is 180 Å². The highest BCUT2D eigenvalue weighted by atomic mass is 35.5. The number of nitrogens with one attached hydrogen (secondary N) is 4. The van der Waals surface area contributed by atoms with E-state index in [-0.39, 0.29) is 31.9 Å². The Kier molecular flexibility index (Phi) is 11.9. The number of nitrogens with zero attached hydrogens (tertiary/aromatic N) is 3. The fraction of sp³-hybridized carbons (Fsp3) is 0.452. The number of halogens is 1. The molecule has 46 heavy (non-hydrogen) atoms. The number of fused-ring (bicyclic) bond motifs is 3. The molecule has 0 aliphatic carbocycles. The maximum absolute atomic E-state index is 13.2. The smallest absolute Gasteiger partial charge is 0.413 e. The number of anilines is 1. The van der Waals surface area contributed by atoms with E-state index in [4.69, 9.17) is 14.2 Å². The Hall–Kier alpha value is -4.24. The summed E-state index contributed by atoms with van der Waals surface area (Å²) in [6.45, 7) is 5.27. The number of aromatic nitrogens is 3. The molecule has 0 radical (unpaired) electrons. The third-order valence-electron chi connectivity index (χ3n) is 8.00. The Morgan fingerprint density at radius 1 is 1.17 bits per heavy atom. The Balaban J connectivity index is 0.00000480. The second-order valence-electron chi connectivity index (χ2n) is 11.1. The summed E-state index contributed by atoms with van der Waals surface area (Å²) in [5.41, 5.74) is 3.20. The molecule has 2 aromatic heterocycles. The van der Waals surface area contributed by atoms with Gasteiger partial charge in [-0.25, -0.2) is 19.4 Å². The molecule has 2 aliphatic heterocycles. The summed E-state index contributed by atoms with van der Waals surface area (Å²) in [6.07, 6.45) is 7.30. The standard InChI is InChI=1S/C31H39N7O7.ClH/c1-20-14-22(15-23-19-34-37-26(20)23)17-25(28(39)40)35-29(41)38-8-5-31(6-9-38)24-16-21(18-33-27(24)36-30(42)45-31)4-3-10-43-12-13-44-11-7-32-2;/h3-4,14-16,18-19,25,32H,5-13,17H2,1-2H3,(H,34,37)(H,35,41)(H,39,40)(H,33,36,42);1H/b4-3+;/t25-;/m1./s1. The summed E-state index contributed by atoms with van der Waals surface area (Å²) in [4.78, 5) is 43.8. The van der Waals surface area contributed by atoms with Gasteiger partial charge in [0.15, 0.2) is 0 Å². The average Bonchev–Trinajstić information content (AvgIpc) is 3.50. The second-order valence-corrected chi connectivity index (χ2v) is 11.1. The first-order valence-corrected chi connectivity index (χ1v) is 15.0. The lowest BCUT2D eigenvalue weighted by molar-refractivity contribution is -0.139. The van der Waals surface area contributed by atoms with Crippen molar-refractivity contribution in [2.24, 2.45) is 0 Å². The summed E-state index contributed by atoms with van der Waals surface area (Å²) >= 11 is 0. The monoisotopic (exact) mass is 657 g/mol. The summed E-state index contributed by atoms with van der Waals surface area (Å²) in [5.74, 6) is -0.704. The molecule has 15 heteroatoms. The van der Waals surface area contributed by atoms with Crippen LogP contribution < -0.4 is 16.0 Å². The number of aromatic amines is 1. The van der Waals surface area contributed by atoms with E-state index in [1.165, 1.54) is 0 Å². The lowest BCUT2D eigenvalue weighted by atomic mass is 9.83. The Morgan fingerprint density at radius 3 is 2.72 bits per heavy atom. The van der Waals surface area contributed by atoms with Gasteiger partial charge in [-0.15, -0.1) is 12.4 Å². The normalized spacial score (nSPS) is 16.0. The van der Waals surface area contributed by atoms with Crippen LogP contribution in [-0.4, -0.2) is 102 Å². The molecule has 5 N–H and O–H groups in total. The predicted molar refractivity (Wildman–Crippen MR) is 173 cm³/mol. The van der Waals surface area contributed by atoms with Crippen LogP contribution in [0.1, 0.15) is 35.1 Å². The molecular formula is C31H40ClN7O7. The number of aliphatic carboxylic acids is 1. The molecule has 0 saturated carbocycles. The van der Waals surface area contributed by atoms with Gasteiger partial charge in [0.1, 0.15) is 17.5 Å². The number of carboxylic acid groups (broad SMARTS) is 1. The Labute approximate surface area is 272 Å². The minimum Gasteiger partial charge on any atom is -0.480 e. The molecule has 0 bridgehead atoms. The minimum absolute atomic E-state index is 0. The molecule has 1 saturated heterocycles. The van der Waals surface area contributed by atoms with Gasteiger partial charge in [-0.05, 0) is 42.8 Å². The summed E-state index contributed by atoms with van der Waals surface area (Å²) in [7, 11) is 1.87. The number of likely N-dealkylation sites (tertiary alicyclic amines) is 1. The number of H-pyrrole nitrogens is 1. The zero-order valence-corrected chi connectivity index (χ0v) is 26.7. The van der Waals surface area contributed by atoms with E-state index >= 15 is 0 Å². The molecule has 3 amide bonds. The maximum atomic E-state index is 13.2. The van der Waals surface area contributed by atoms with E-state index in [0.717, 1.165) is 39.7 Å². The van der Waals surface area contributed by atoms with Gasteiger partial charge in [0.05, 0.1) is 38.1 Å². The maximum Gasteiger partial charge on any atom is 0.413 e. The van der Waals surface area contributed by atoms with Crippen LogP contribution in [0.3, 0.4) is 0 Å². The molecular weight excluding hydrogens is 618 g/mol. The number of carboxylic acids is 1. The Morgan fingerprint density at radius 2 is 1.96 bits per heavy atom. The van der Waals surface area contributed by atoms with Gasteiger partial charge in [0, 0.05) is 56.0 Å². The summed E-state index contributed by atoms with van der Waals surface area (Å²) < 4.78 is 16.9. The molecule has 1 atom stereocenters. The van der Waals surface area contributed by atoms with Crippen LogP contribution in [0.15, 0.2) is 36.7 Å². The van der Waals surface area contributed by atoms with E-state index in [1.54, 1.807) is 17.3 Å². The number of amides is 3. The zero-order valence-electron chi connectivity index (χ0n) is 25.8. The SMILES string of the molecule is CNCCOCCOC/C=C/c1cnc2c(c1)C1(CCN(C(=O)N[C@H](Cc3cc(C)c4[nH]ncc4c3)C(=O)O)CC1)OC(=O)N2.Cl. The van der Waals surface area contributed by atoms with Crippen LogP contribution in [0.4, 0.5) is 15.4 Å². The van der Waals surface area contributed by atoms with Crippen LogP contribution in [0.5, 0.6) is 0 Å². The first-order valence-electron chi connectivity index (χ1n) is 15.0. The molecule has 5 rings (SSSR count). The van der Waals surface area contributed by atoms with E-state index in [2.05, 4.69) is 31.1 Å². The van der Waals surface area contributed by atoms with Gasteiger partial charge in [0.2, 0.25) is 0 Å². The molecule has 0 unspecified atom stereocenters. The number of urea groups is 1. The number of carbonyl (C=O) groups is 3. The molecule has 248 valence electrons. The molecule has 4 heterocycles. The largest absolute Gasteiger partial charge is 0.480 e. The lowest BCUT2D eigenvalue weighted by Crippen LogP contribution is -2.54. The number of hydrogen-bond acceptors (Lipinski definition) is 9. The van der Waals surface area contributed by atoms with E-state index in [0.29, 0.717) is 45.1 Å². The fourth-order valence-corrected chi connectivity index (χ4v) is 5.65.